The van der Waals surface area contributed by atoms with Crippen LogP contribution < -0.4 is 5.73 Å². The molecule has 0 saturated carbocycles. The summed E-state index contributed by atoms with van der Waals surface area (Å²) in [7, 11) is 3.10. The molecule has 0 aromatic rings. The van der Waals surface area contributed by atoms with Crippen LogP contribution in [-0.4, -0.2) is 67.9 Å². The van der Waals surface area contributed by atoms with Crippen LogP contribution in [0.2, 0.25) is 0 Å². The third-order valence-electron chi connectivity index (χ3n) is 2.75. The Kier molecular flexibility index (Phi) is 9.11. The van der Waals surface area contributed by atoms with Gasteiger partial charge in [0.2, 0.25) is 5.91 Å². The molecule has 2 unspecified atom stereocenters. The number of methoxy groups -OCH3 is 2. The van der Waals surface area contributed by atoms with E-state index in [1.165, 1.54) is 0 Å². The Morgan fingerprint density at radius 3 is 2.42 bits per heavy atom. The van der Waals surface area contributed by atoms with Gasteiger partial charge >= 0.3 is 5.97 Å². The Morgan fingerprint density at radius 2 is 1.95 bits per heavy atom. The van der Waals surface area contributed by atoms with Gasteiger partial charge in [-0.15, -0.1) is 0 Å². The van der Waals surface area contributed by atoms with Crippen molar-refractivity contribution in [2.75, 3.05) is 34.0 Å². The number of carboxylic acid groups (broad SMARTS) is 1. The van der Waals surface area contributed by atoms with Crippen LogP contribution in [0.5, 0.6) is 0 Å². The first-order valence-corrected chi connectivity index (χ1v) is 6.19. The molecule has 1 amide bonds. The Hall–Kier alpha value is -1.18. The van der Waals surface area contributed by atoms with Gasteiger partial charge in [0.1, 0.15) is 0 Å². The Morgan fingerprint density at radius 1 is 1.32 bits per heavy atom. The standard InChI is InChI=1S/C12H24N2O5/c1-9(8-19-3)14(6-7-18-2)12(17)10(13)4-5-11(15)16/h9-10H,4-8,13H2,1-3H3,(H,15,16). The maximum Gasteiger partial charge on any atom is 0.303 e. The van der Waals surface area contributed by atoms with Gasteiger partial charge in [0.25, 0.3) is 0 Å². The summed E-state index contributed by atoms with van der Waals surface area (Å²) in [4.78, 5) is 24.2. The number of ether oxygens (including phenoxy) is 2. The van der Waals surface area contributed by atoms with Crippen LogP contribution in [0.4, 0.5) is 0 Å². The maximum atomic E-state index is 12.2. The molecule has 0 spiro atoms. The molecule has 19 heavy (non-hydrogen) atoms. The van der Waals surface area contributed by atoms with E-state index in [1.54, 1.807) is 19.1 Å². The number of aliphatic carboxylic acids is 1. The minimum Gasteiger partial charge on any atom is -0.481 e. The van der Waals surface area contributed by atoms with Crippen LogP contribution in [-0.2, 0) is 19.1 Å². The second kappa shape index (κ2) is 9.71. The quantitative estimate of drug-likeness (QED) is 0.567. The first-order chi connectivity index (χ1) is 8.93. The molecular formula is C12H24N2O5. The minimum atomic E-state index is -0.961. The van der Waals surface area contributed by atoms with Crippen molar-refractivity contribution in [2.24, 2.45) is 5.73 Å². The number of nitrogens with two attached hydrogens (primary N) is 1. The first kappa shape index (κ1) is 17.8. The van der Waals surface area contributed by atoms with Gasteiger partial charge in [-0.2, -0.15) is 0 Å². The van der Waals surface area contributed by atoms with Crippen LogP contribution >= 0.6 is 0 Å². The molecule has 7 nitrogen and oxygen atoms in total. The first-order valence-electron chi connectivity index (χ1n) is 6.19. The zero-order chi connectivity index (χ0) is 14.8. The molecule has 0 aromatic heterocycles. The fourth-order valence-electron chi connectivity index (χ4n) is 1.68. The summed E-state index contributed by atoms with van der Waals surface area (Å²) >= 11 is 0. The van der Waals surface area contributed by atoms with Crippen LogP contribution in [0.1, 0.15) is 19.8 Å². The Labute approximate surface area is 113 Å². The van der Waals surface area contributed by atoms with E-state index >= 15 is 0 Å². The largest absolute Gasteiger partial charge is 0.481 e. The second-order valence-electron chi connectivity index (χ2n) is 4.37. The molecule has 0 saturated heterocycles. The lowest BCUT2D eigenvalue weighted by molar-refractivity contribution is -0.138. The van der Waals surface area contributed by atoms with E-state index in [9.17, 15) is 9.59 Å². The van der Waals surface area contributed by atoms with Gasteiger partial charge < -0.3 is 25.2 Å². The number of amides is 1. The molecule has 0 aliphatic carbocycles. The highest BCUT2D eigenvalue weighted by Gasteiger charge is 2.25. The molecule has 0 aliphatic heterocycles. The smallest absolute Gasteiger partial charge is 0.303 e. The van der Waals surface area contributed by atoms with Gasteiger partial charge in [-0.3, -0.25) is 9.59 Å². The normalized spacial score (nSPS) is 13.9. The van der Waals surface area contributed by atoms with Crippen molar-refractivity contribution >= 4 is 11.9 Å². The minimum absolute atomic E-state index is 0.121. The zero-order valence-corrected chi connectivity index (χ0v) is 11.8. The fraction of sp³-hybridized carbons (Fsp3) is 0.833. The van der Waals surface area contributed by atoms with Gasteiger partial charge in [-0.05, 0) is 13.3 Å². The summed E-state index contributed by atoms with van der Waals surface area (Å²) < 4.78 is 9.98. The monoisotopic (exact) mass is 276 g/mol. The third-order valence-corrected chi connectivity index (χ3v) is 2.75. The molecule has 0 heterocycles. The van der Waals surface area contributed by atoms with Crippen LogP contribution in [0.15, 0.2) is 0 Å². The van der Waals surface area contributed by atoms with E-state index in [1.807, 2.05) is 6.92 Å². The summed E-state index contributed by atoms with van der Waals surface area (Å²) in [6, 6.07) is -0.948. The molecule has 0 rings (SSSR count). The molecule has 0 radical (unpaired) electrons. The van der Waals surface area contributed by atoms with Crippen molar-refractivity contribution in [1.82, 2.24) is 4.90 Å². The number of carbonyl (C=O) groups excluding carboxylic acids is 1. The lowest BCUT2D eigenvalue weighted by Crippen LogP contribution is -2.50. The van der Waals surface area contributed by atoms with E-state index < -0.39 is 12.0 Å². The van der Waals surface area contributed by atoms with Crippen molar-refractivity contribution in [3.63, 3.8) is 0 Å². The van der Waals surface area contributed by atoms with Crippen LogP contribution in [0.25, 0.3) is 0 Å². The van der Waals surface area contributed by atoms with E-state index in [0.29, 0.717) is 19.8 Å². The highest BCUT2D eigenvalue weighted by atomic mass is 16.5. The second-order valence-corrected chi connectivity index (χ2v) is 4.37. The van der Waals surface area contributed by atoms with Crippen molar-refractivity contribution in [2.45, 2.75) is 31.8 Å². The summed E-state index contributed by atoms with van der Waals surface area (Å²) in [5.74, 6) is -1.24. The van der Waals surface area contributed by atoms with E-state index in [0.717, 1.165) is 0 Å². The van der Waals surface area contributed by atoms with Gasteiger partial charge in [-0.1, -0.05) is 0 Å². The number of nitrogens with zero attached hydrogens (tertiary/aromatic N) is 1. The molecule has 0 bridgehead atoms. The highest BCUT2D eigenvalue weighted by Crippen LogP contribution is 2.06. The Balaban J connectivity index is 4.54. The molecule has 0 aliphatic rings. The average Bonchev–Trinajstić information content (AvgIpc) is 2.36. The molecule has 3 N–H and O–H groups in total. The lowest BCUT2D eigenvalue weighted by atomic mass is 10.1. The maximum absolute atomic E-state index is 12.2. The van der Waals surface area contributed by atoms with E-state index in [4.69, 9.17) is 20.3 Å². The number of rotatable bonds is 10. The number of carbonyl (C=O) groups is 2. The van der Waals surface area contributed by atoms with Crippen LogP contribution in [0, 0.1) is 0 Å². The number of hydrogen-bond donors (Lipinski definition) is 2. The molecule has 0 aromatic carbocycles. The van der Waals surface area contributed by atoms with Gasteiger partial charge in [-0.25, -0.2) is 0 Å². The summed E-state index contributed by atoms with van der Waals surface area (Å²) in [6.45, 7) is 3.04. The lowest BCUT2D eigenvalue weighted by Gasteiger charge is -2.30. The van der Waals surface area contributed by atoms with Crippen molar-refractivity contribution in [3.8, 4) is 0 Å². The van der Waals surface area contributed by atoms with E-state index in [2.05, 4.69) is 0 Å². The average molecular weight is 276 g/mol. The SMILES string of the molecule is COCCN(C(=O)C(N)CCC(=O)O)C(C)COC. The summed E-state index contributed by atoms with van der Waals surface area (Å²) in [6.07, 6.45) is 0.00103. The predicted octanol–water partition coefficient (Wildman–Crippen LogP) is -0.312. The Bertz CT molecular complexity index is 285. The fourth-order valence-corrected chi connectivity index (χ4v) is 1.68. The molecule has 112 valence electrons. The van der Waals surface area contributed by atoms with Gasteiger partial charge in [0.05, 0.1) is 25.3 Å². The third kappa shape index (κ3) is 7.09. The number of hydrogen-bond acceptors (Lipinski definition) is 5. The van der Waals surface area contributed by atoms with Crippen molar-refractivity contribution in [1.29, 1.82) is 0 Å². The van der Waals surface area contributed by atoms with Crippen molar-refractivity contribution < 1.29 is 24.2 Å². The van der Waals surface area contributed by atoms with E-state index in [-0.39, 0.29) is 24.8 Å². The zero-order valence-electron chi connectivity index (χ0n) is 11.8. The van der Waals surface area contributed by atoms with Crippen molar-refractivity contribution in [3.05, 3.63) is 0 Å². The molecule has 7 heteroatoms. The van der Waals surface area contributed by atoms with Crippen LogP contribution in [0.3, 0.4) is 0 Å². The molecular weight excluding hydrogens is 252 g/mol. The molecule has 2 atom stereocenters. The van der Waals surface area contributed by atoms with Gasteiger partial charge in [0.15, 0.2) is 0 Å². The van der Waals surface area contributed by atoms with Gasteiger partial charge in [0, 0.05) is 27.2 Å². The topological polar surface area (TPSA) is 102 Å². The molecule has 0 fully saturated rings. The summed E-state index contributed by atoms with van der Waals surface area (Å²) in [5.41, 5.74) is 5.74. The summed E-state index contributed by atoms with van der Waals surface area (Å²) in [5, 5.41) is 8.60. The highest BCUT2D eigenvalue weighted by molar-refractivity contribution is 5.82. The number of carboxylic acids is 1. The predicted molar refractivity (Wildman–Crippen MR) is 69.8 cm³/mol.